The van der Waals surface area contributed by atoms with Gasteiger partial charge in [-0.1, -0.05) is 19.9 Å². The fourth-order valence-corrected chi connectivity index (χ4v) is 2.76. The predicted octanol–water partition coefficient (Wildman–Crippen LogP) is 3.25. The number of fused-ring (bicyclic) bond motifs is 1. The van der Waals surface area contributed by atoms with E-state index < -0.39 is 0 Å². The second-order valence-corrected chi connectivity index (χ2v) is 5.05. The van der Waals surface area contributed by atoms with Crippen LogP contribution in [0.4, 0.5) is 17.1 Å². The second kappa shape index (κ2) is 5.98. The van der Waals surface area contributed by atoms with Gasteiger partial charge >= 0.3 is 0 Å². The van der Waals surface area contributed by atoms with Gasteiger partial charge in [-0.15, -0.1) is 0 Å². The van der Waals surface area contributed by atoms with Gasteiger partial charge in [0.2, 0.25) is 0 Å². The normalized spacial score (nSPS) is 13.9. The largest absolute Gasteiger partial charge is 0.397 e. The Balaban J connectivity index is 2.39. The highest BCUT2D eigenvalue weighted by Crippen LogP contribution is 2.38. The summed E-state index contributed by atoms with van der Waals surface area (Å²) < 4.78 is 0. The SMILES string of the molecule is CCCN(CCC)c1c(N)ccc2c1NCCC2. The van der Waals surface area contributed by atoms with Crippen LogP contribution >= 0.6 is 0 Å². The molecular formula is C15H25N3. The van der Waals surface area contributed by atoms with Gasteiger partial charge in [0.15, 0.2) is 0 Å². The Hall–Kier alpha value is -1.38. The van der Waals surface area contributed by atoms with E-state index >= 15 is 0 Å². The van der Waals surface area contributed by atoms with Crippen LogP contribution in [0, 0.1) is 0 Å². The average molecular weight is 247 g/mol. The molecule has 0 unspecified atom stereocenters. The highest BCUT2D eigenvalue weighted by atomic mass is 15.2. The third kappa shape index (κ3) is 2.55. The zero-order valence-electron chi connectivity index (χ0n) is 11.6. The van der Waals surface area contributed by atoms with Gasteiger partial charge in [-0.3, -0.25) is 0 Å². The Morgan fingerprint density at radius 2 is 1.94 bits per heavy atom. The maximum absolute atomic E-state index is 6.22. The van der Waals surface area contributed by atoms with Crippen molar-refractivity contribution in [3.63, 3.8) is 0 Å². The number of aryl methyl sites for hydroxylation is 1. The Kier molecular flexibility index (Phi) is 4.34. The van der Waals surface area contributed by atoms with Crippen LogP contribution in [-0.2, 0) is 6.42 Å². The van der Waals surface area contributed by atoms with Crippen molar-refractivity contribution in [2.45, 2.75) is 39.5 Å². The lowest BCUT2D eigenvalue weighted by molar-refractivity contribution is 0.741. The maximum Gasteiger partial charge on any atom is 0.0838 e. The van der Waals surface area contributed by atoms with Crippen LogP contribution in [0.15, 0.2) is 12.1 Å². The van der Waals surface area contributed by atoms with E-state index in [2.05, 4.69) is 36.2 Å². The van der Waals surface area contributed by atoms with Crippen molar-refractivity contribution in [2.24, 2.45) is 0 Å². The lowest BCUT2D eigenvalue weighted by atomic mass is 10.0. The number of nitrogens with zero attached hydrogens (tertiary/aromatic N) is 1. The van der Waals surface area contributed by atoms with Crippen molar-refractivity contribution in [1.82, 2.24) is 0 Å². The van der Waals surface area contributed by atoms with Crippen molar-refractivity contribution < 1.29 is 0 Å². The molecule has 0 amide bonds. The zero-order chi connectivity index (χ0) is 13.0. The van der Waals surface area contributed by atoms with Gasteiger partial charge in [0, 0.05) is 19.6 Å². The number of nitrogen functional groups attached to an aromatic ring is 1. The molecule has 100 valence electrons. The minimum atomic E-state index is 0.907. The lowest BCUT2D eigenvalue weighted by Gasteiger charge is -2.31. The first-order valence-electron chi connectivity index (χ1n) is 7.18. The molecule has 18 heavy (non-hydrogen) atoms. The summed E-state index contributed by atoms with van der Waals surface area (Å²) in [6.45, 7) is 7.67. The molecule has 1 aromatic carbocycles. The summed E-state index contributed by atoms with van der Waals surface area (Å²) in [5.74, 6) is 0. The first-order valence-corrected chi connectivity index (χ1v) is 7.18. The molecule has 3 heteroatoms. The molecule has 0 saturated carbocycles. The van der Waals surface area contributed by atoms with Crippen molar-refractivity contribution in [3.05, 3.63) is 17.7 Å². The first kappa shape index (κ1) is 13.1. The molecule has 0 spiro atoms. The molecule has 0 aromatic heterocycles. The molecule has 0 bridgehead atoms. The van der Waals surface area contributed by atoms with Crippen LogP contribution in [0.25, 0.3) is 0 Å². The third-order valence-corrected chi connectivity index (χ3v) is 3.52. The number of hydrogen-bond acceptors (Lipinski definition) is 3. The van der Waals surface area contributed by atoms with Crippen LogP contribution in [0.5, 0.6) is 0 Å². The number of anilines is 3. The molecule has 0 fully saturated rings. The molecule has 1 heterocycles. The topological polar surface area (TPSA) is 41.3 Å². The monoisotopic (exact) mass is 247 g/mol. The molecule has 1 aliphatic rings. The Bertz CT molecular complexity index is 395. The first-order chi connectivity index (χ1) is 8.77. The molecule has 0 aliphatic carbocycles. The predicted molar refractivity (Wildman–Crippen MR) is 80.5 cm³/mol. The number of nitrogens with one attached hydrogen (secondary N) is 1. The van der Waals surface area contributed by atoms with E-state index in [4.69, 9.17) is 5.73 Å². The molecule has 1 aliphatic heterocycles. The lowest BCUT2D eigenvalue weighted by Crippen LogP contribution is -2.28. The molecular weight excluding hydrogens is 222 g/mol. The van der Waals surface area contributed by atoms with E-state index in [-0.39, 0.29) is 0 Å². The fourth-order valence-electron chi connectivity index (χ4n) is 2.76. The van der Waals surface area contributed by atoms with Gasteiger partial charge in [-0.2, -0.15) is 0 Å². The highest BCUT2D eigenvalue weighted by molar-refractivity contribution is 5.85. The zero-order valence-corrected chi connectivity index (χ0v) is 11.6. The van der Waals surface area contributed by atoms with Gasteiger partial charge < -0.3 is 16.0 Å². The third-order valence-electron chi connectivity index (χ3n) is 3.52. The maximum atomic E-state index is 6.22. The molecule has 0 radical (unpaired) electrons. The number of benzene rings is 1. The van der Waals surface area contributed by atoms with E-state index in [1.165, 1.54) is 29.8 Å². The van der Waals surface area contributed by atoms with Crippen molar-refractivity contribution in [2.75, 3.05) is 35.6 Å². The van der Waals surface area contributed by atoms with E-state index in [0.717, 1.165) is 38.2 Å². The standard InChI is InChI=1S/C15H25N3/c1-3-10-18(11-4-2)15-13(16)8-7-12-6-5-9-17-14(12)15/h7-8,17H,3-6,9-11,16H2,1-2H3. The van der Waals surface area contributed by atoms with E-state index in [1.807, 2.05) is 0 Å². The van der Waals surface area contributed by atoms with Crippen LogP contribution in [0.3, 0.4) is 0 Å². The summed E-state index contributed by atoms with van der Waals surface area (Å²) in [7, 11) is 0. The van der Waals surface area contributed by atoms with Crippen LogP contribution in [0.1, 0.15) is 38.7 Å². The van der Waals surface area contributed by atoms with Gasteiger partial charge in [0.1, 0.15) is 0 Å². The minimum Gasteiger partial charge on any atom is -0.397 e. The quantitative estimate of drug-likeness (QED) is 0.785. The average Bonchev–Trinajstić information content (AvgIpc) is 2.38. The summed E-state index contributed by atoms with van der Waals surface area (Å²) in [6.07, 6.45) is 4.70. The summed E-state index contributed by atoms with van der Waals surface area (Å²) in [4.78, 5) is 2.44. The smallest absolute Gasteiger partial charge is 0.0838 e. The molecule has 1 aromatic rings. The Morgan fingerprint density at radius 3 is 2.61 bits per heavy atom. The summed E-state index contributed by atoms with van der Waals surface area (Å²) in [5.41, 5.74) is 11.1. The van der Waals surface area contributed by atoms with E-state index in [1.54, 1.807) is 0 Å². The van der Waals surface area contributed by atoms with Crippen molar-refractivity contribution in [1.29, 1.82) is 0 Å². The van der Waals surface area contributed by atoms with Crippen LogP contribution < -0.4 is 16.0 Å². The van der Waals surface area contributed by atoms with Gasteiger partial charge in [-0.05, 0) is 37.3 Å². The molecule has 2 rings (SSSR count). The summed E-state index contributed by atoms with van der Waals surface area (Å²) in [6, 6.07) is 4.25. The minimum absolute atomic E-state index is 0.907. The number of hydrogen-bond donors (Lipinski definition) is 2. The summed E-state index contributed by atoms with van der Waals surface area (Å²) >= 11 is 0. The van der Waals surface area contributed by atoms with Crippen LogP contribution in [0.2, 0.25) is 0 Å². The number of nitrogens with two attached hydrogens (primary N) is 1. The van der Waals surface area contributed by atoms with Gasteiger partial charge in [0.05, 0.1) is 17.1 Å². The van der Waals surface area contributed by atoms with Crippen molar-refractivity contribution >= 4 is 17.1 Å². The van der Waals surface area contributed by atoms with Crippen molar-refractivity contribution in [3.8, 4) is 0 Å². The van der Waals surface area contributed by atoms with Gasteiger partial charge in [-0.25, -0.2) is 0 Å². The molecule has 0 atom stereocenters. The second-order valence-electron chi connectivity index (χ2n) is 5.05. The fraction of sp³-hybridized carbons (Fsp3) is 0.600. The highest BCUT2D eigenvalue weighted by Gasteiger charge is 2.19. The van der Waals surface area contributed by atoms with E-state index in [9.17, 15) is 0 Å². The Morgan fingerprint density at radius 1 is 1.22 bits per heavy atom. The van der Waals surface area contributed by atoms with Gasteiger partial charge in [0.25, 0.3) is 0 Å². The van der Waals surface area contributed by atoms with E-state index in [0.29, 0.717) is 0 Å². The molecule has 0 saturated heterocycles. The summed E-state index contributed by atoms with van der Waals surface area (Å²) in [5, 5.41) is 3.55. The number of rotatable bonds is 5. The molecule has 3 nitrogen and oxygen atoms in total. The van der Waals surface area contributed by atoms with Crippen LogP contribution in [-0.4, -0.2) is 19.6 Å². The molecule has 3 N–H and O–H groups in total. The Labute approximate surface area is 110 Å².